The minimum absolute atomic E-state index is 0.00129. The van der Waals surface area contributed by atoms with E-state index in [-0.39, 0.29) is 48.4 Å². The van der Waals surface area contributed by atoms with Crippen LogP contribution in [-0.2, 0) is 19.1 Å². The molecule has 0 radical (unpaired) electrons. The van der Waals surface area contributed by atoms with Crippen molar-refractivity contribution in [1.82, 2.24) is 0 Å². The molecule has 33 heavy (non-hydrogen) atoms. The summed E-state index contributed by atoms with van der Waals surface area (Å²) in [6.45, 7) is 0. The lowest BCUT2D eigenvalue weighted by molar-refractivity contribution is -0.139. The Bertz CT molecular complexity index is 1250. The fourth-order valence-corrected chi connectivity index (χ4v) is 4.36. The fourth-order valence-electron chi connectivity index (χ4n) is 3.49. The van der Waals surface area contributed by atoms with E-state index in [1.807, 2.05) is 6.07 Å². The standard InChI is InChI=1S/C22H15Cl4N3O4/c1-32-21(30)15-14(10-6-4-3-5-7-10)11(9-27)20(28)29(19(15)22(31)33-2)13-8-12(23)16(24)18(26)17(13)25/h3-8,14H,28H2,1-2H3. The predicted octanol–water partition coefficient (Wildman–Crippen LogP) is 5.20. The molecule has 1 aliphatic heterocycles. The van der Waals surface area contributed by atoms with Gasteiger partial charge in [-0.3, -0.25) is 4.90 Å². The summed E-state index contributed by atoms with van der Waals surface area (Å²) in [7, 11) is 2.27. The van der Waals surface area contributed by atoms with E-state index < -0.39 is 17.9 Å². The van der Waals surface area contributed by atoms with Crippen LogP contribution in [0.15, 0.2) is 59.1 Å². The van der Waals surface area contributed by atoms with Gasteiger partial charge in [-0.1, -0.05) is 76.7 Å². The molecule has 1 heterocycles. The van der Waals surface area contributed by atoms with Gasteiger partial charge in [-0.2, -0.15) is 5.26 Å². The first-order valence-electron chi connectivity index (χ1n) is 9.18. The van der Waals surface area contributed by atoms with Gasteiger partial charge in [0.15, 0.2) is 0 Å². The van der Waals surface area contributed by atoms with Gasteiger partial charge in [0, 0.05) is 0 Å². The van der Waals surface area contributed by atoms with Gasteiger partial charge in [-0.15, -0.1) is 0 Å². The summed E-state index contributed by atoms with van der Waals surface area (Å²) >= 11 is 24.9. The van der Waals surface area contributed by atoms with Gasteiger partial charge in [0.25, 0.3) is 0 Å². The molecule has 0 amide bonds. The highest BCUT2D eigenvalue weighted by Crippen LogP contribution is 2.48. The van der Waals surface area contributed by atoms with E-state index in [1.54, 1.807) is 30.3 Å². The molecule has 1 atom stereocenters. The Hall–Kier alpha value is -2.89. The van der Waals surface area contributed by atoms with Crippen molar-refractivity contribution in [3.05, 3.63) is 84.7 Å². The number of ether oxygens (including phenoxy) is 2. The van der Waals surface area contributed by atoms with Gasteiger partial charge in [0.2, 0.25) is 0 Å². The second-order valence-corrected chi connectivity index (χ2v) is 8.20. The number of anilines is 1. The highest BCUT2D eigenvalue weighted by atomic mass is 35.5. The molecule has 7 nitrogen and oxygen atoms in total. The average molecular weight is 527 g/mol. The highest BCUT2D eigenvalue weighted by molar-refractivity contribution is 6.52. The zero-order valence-electron chi connectivity index (χ0n) is 17.2. The second kappa shape index (κ2) is 9.94. The maximum absolute atomic E-state index is 13.0. The van der Waals surface area contributed by atoms with Crippen LogP contribution in [-0.4, -0.2) is 26.2 Å². The molecule has 0 saturated heterocycles. The first-order valence-corrected chi connectivity index (χ1v) is 10.7. The Kier molecular flexibility index (Phi) is 7.45. The first kappa shape index (κ1) is 24.7. The molecule has 2 aromatic rings. The number of allylic oxidation sites excluding steroid dienone is 1. The number of nitriles is 1. The van der Waals surface area contributed by atoms with Crippen molar-refractivity contribution in [2.24, 2.45) is 5.73 Å². The number of rotatable bonds is 4. The van der Waals surface area contributed by atoms with Crippen LogP contribution >= 0.6 is 46.4 Å². The molecule has 0 aliphatic carbocycles. The number of nitrogens with two attached hydrogens (primary N) is 1. The molecule has 1 aliphatic rings. The lowest BCUT2D eigenvalue weighted by atomic mass is 9.81. The lowest BCUT2D eigenvalue weighted by Crippen LogP contribution is -2.41. The van der Waals surface area contributed by atoms with Crippen molar-refractivity contribution < 1.29 is 19.1 Å². The summed E-state index contributed by atoms with van der Waals surface area (Å²) in [4.78, 5) is 27.1. The Balaban J connectivity index is 2.49. The third kappa shape index (κ3) is 4.23. The van der Waals surface area contributed by atoms with Crippen LogP contribution in [0.3, 0.4) is 0 Å². The third-order valence-electron chi connectivity index (χ3n) is 4.93. The molecule has 1 unspecified atom stereocenters. The van der Waals surface area contributed by atoms with Gasteiger partial charge in [-0.05, 0) is 11.6 Å². The van der Waals surface area contributed by atoms with Crippen molar-refractivity contribution in [3.8, 4) is 6.07 Å². The SMILES string of the molecule is COC(=O)C1=C(C(=O)OC)N(c2cc(Cl)c(Cl)c(Cl)c2Cl)C(N)=C(C#N)C1c1ccccc1. The van der Waals surface area contributed by atoms with Crippen molar-refractivity contribution in [3.63, 3.8) is 0 Å². The Morgan fingerprint density at radius 2 is 1.61 bits per heavy atom. The Morgan fingerprint density at radius 1 is 1.00 bits per heavy atom. The number of carbonyl (C=O) groups is 2. The number of methoxy groups -OCH3 is 2. The van der Waals surface area contributed by atoms with E-state index in [9.17, 15) is 14.9 Å². The van der Waals surface area contributed by atoms with E-state index in [0.29, 0.717) is 5.56 Å². The molecule has 170 valence electrons. The summed E-state index contributed by atoms with van der Waals surface area (Å²) in [5.41, 5.74) is 6.40. The van der Waals surface area contributed by atoms with Crippen molar-refractivity contribution in [2.45, 2.75) is 5.92 Å². The monoisotopic (exact) mass is 525 g/mol. The molecule has 2 N–H and O–H groups in total. The normalized spacial score (nSPS) is 15.9. The summed E-state index contributed by atoms with van der Waals surface area (Å²) in [5, 5.41) is 9.78. The second-order valence-electron chi connectivity index (χ2n) is 6.65. The van der Waals surface area contributed by atoms with E-state index >= 15 is 0 Å². The van der Waals surface area contributed by atoms with Crippen molar-refractivity contribution in [2.75, 3.05) is 19.1 Å². The van der Waals surface area contributed by atoms with E-state index in [4.69, 9.17) is 61.6 Å². The maximum atomic E-state index is 13.0. The van der Waals surface area contributed by atoms with Gasteiger partial charge in [-0.25, -0.2) is 9.59 Å². The molecule has 0 fully saturated rings. The number of carbonyl (C=O) groups excluding carboxylic acids is 2. The number of benzene rings is 2. The first-order chi connectivity index (χ1) is 15.7. The summed E-state index contributed by atoms with van der Waals surface area (Å²) in [5.74, 6) is -3.02. The largest absolute Gasteiger partial charge is 0.466 e. The van der Waals surface area contributed by atoms with Gasteiger partial charge < -0.3 is 15.2 Å². The van der Waals surface area contributed by atoms with Gasteiger partial charge >= 0.3 is 11.9 Å². The predicted molar refractivity (Wildman–Crippen MR) is 126 cm³/mol. The van der Waals surface area contributed by atoms with Gasteiger partial charge in [0.05, 0.1) is 63.1 Å². The molecule has 3 rings (SSSR count). The summed E-state index contributed by atoms with van der Waals surface area (Å²) in [6, 6.07) is 11.9. The van der Waals surface area contributed by atoms with Crippen LogP contribution in [0.25, 0.3) is 0 Å². The minimum atomic E-state index is -1.02. The summed E-state index contributed by atoms with van der Waals surface area (Å²) < 4.78 is 9.91. The quantitative estimate of drug-likeness (QED) is 0.331. The molecule has 0 bridgehead atoms. The number of nitrogens with zero attached hydrogens (tertiary/aromatic N) is 2. The number of halogens is 4. The fraction of sp³-hybridized carbons (Fsp3) is 0.136. The lowest BCUT2D eigenvalue weighted by Gasteiger charge is -2.36. The maximum Gasteiger partial charge on any atom is 0.355 e. The van der Waals surface area contributed by atoms with Crippen molar-refractivity contribution in [1.29, 1.82) is 5.26 Å². The molecule has 0 aromatic heterocycles. The molecule has 0 saturated carbocycles. The van der Waals surface area contributed by atoms with Crippen LogP contribution in [0.2, 0.25) is 20.1 Å². The molecular weight excluding hydrogens is 512 g/mol. The van der Waals surface area contributed by atoms with E-state index in [2.05, 4.69) is 0 Å². The Morgan fingerprint density at radius 3 is 2.15 bits per heavy atom. The molecular formula is C22H15Cl4N3O4. The molecule has 11 heteroatoms. The number of hydrogen-bond acceptors (Lipinski definition) is 7. The zero-order chi connectivity index (χ0) is 24.4. The van der Waals surface area contributed by atoms with E-state index in [0.717, 1.165) is 19.1 Å². The van der Waals surface area contributed by atoms with Gasteiger partial charge in [0.1, 0.15) is 11.5 Å². The van der Waals surface area contributed by atoms with Crippen LogP contribution in [0.4, 0.5) is 5.69 Å². The minimum Gasteiger partial charge on any atom is -0.466 e. The number of hydrogen-bond donors (Lipinski definition) is 1. The number of esters is 2. The highest BCUT2D eigenvalue weighted by Gasteiger charge is 2.43. The topological polar surface area (TPSA) is 106 Å². The van der Waals surface area contributed by atoms with Crippen molar-refractivity contribution >= 4 is 64.0 Å². The Labute approximate surface area is 209 Å². The third-order valence-corrected chi connectivity index (χ3v) is 6.68. The van der Waals surface area contributed by atoms with E-state index in [1.165, 1.54) is 6.07 Å². The van der Waals surface area contributed by atoms with Crippen LogP contribution in [0.5, 0.6) is 0 Å². The van der Waals surface area contributed by atoms with Crippen LogP contribution in [0, 0.1) is 11.3 Å². The molecule has 0 spiro atoms. The zero-order valence-corrected chi connectivity index (χ0v) is 20.2. The average Bonchev–Trinajstić information content (AvgIpc) is 2.83. The van der Waals surface area contributed by atoms with Crippen LogP contribution in [0.1, 0.15) is 11.5 Å². The smallest absolute Gasteiger partial charge is 0.355 e. The molecule has 2 aromatic carbocycles. The summed E-state index contributed by atoms with van der Waals surface area (Å²) in [6.07, 6.45) is 0. The van der Waals surface area contributed by atoms with Crippen LogP contribution < -0.4 is 10.6 Å².